The molecule has 1 heterocycles. The van der Waals surface area contributed by atoms with Crippen LogP contribution >= 0.6 is 0 Å². The zero-order valence-corrected chi connectivity index (χ0v) is 7.56. The van der Waals surface area contributed by atoms with Crippen molar-refractivity contribution in [2.45, 2.75) is 6.92 Å². The van der Waals surface area contributed by atoms with Crippen LogP contribution in [0.4, 0.5) is 0 Å². The van der Waals surface area contributed by atoms with Crippen LogP contribution in [-0.2, 0) is 32.7 Å². The molecule has 0 spiro atoms. The first-order valence-electron chi connectivity index (χ1n) is 2.04. The van der Waals surface area contributed by atoms with Crippen LogP contribution in [0, 0.1) is 13.8 Å². The topological polar surface area (TPSA) is 26.0 Å². The summed E-state index contributed by atoms with van der Waals surface area (Å²) in [5.41, 5.74) is 0.692. The largest absolute Gasteiger partial charge is 0.383 e. The molecule has 0 saturated carbocycles. The second-order valence-corrected chi connectivity index (χ2v) is 1.43. The standard InChI is InChI=1S/C5H6NO.Y/c1-4-3-5(2)7-6-4;/h3H,1H2,2H3;/q-1;. The molecule has 0 amide bonds. The van der Waals surface area contributed by atoms with Gasteiger partial charge in [-0.05, 0) is 6.92 Å². The fourth-order valence-electron chi connectivity index (χ4n) is 0.418. The van der Waals surface area contributed by atoms with E-state index in [1.54, 1.807) is 6.07 Å². The van der Waals surface area contributed by atoms with Crippen molar-refractivity contribution >= 4 is 0 Å². The van der Waals surface area contributed by atoms with E-state index in [9.17, 15) is 0 Å². The van der Waals surface area contributed by atoms with Crippen LogP contribution in [0.3, 0.4) is 0 Å². The normalized spacial score (nSPS) is 8.12. The molecule has 0 aliphatic rings. The molecule has 0 aromatic carbocycles. The molecule has 41 valence electrons. The van der Waals surface area contributed by atoms with Gasteiger partial charge in [-0.3, -0.25) is 0 Å². The van der Waals surface area contributed by atoms with Crippen LogP contribution in [0.25, 0.3) is 0 Å². The van der Waals surface area contributed by atoms with Crippen molar-refractivity contribution in [3.63, 3.8) is 0 Å². The molecule has 1 aromatic rings. The molecular weight excluding hydrogens is 179 g/mol. The Morgan fingerprint density at radius 2 is 2.38 bits per heavy atom. The van der Waals surface area contributed by atoms with Crippen LogP contribution in [0.1, 0.15) is 11.5 Å². The number of aromatic nitrogens is 1. The SMILES string of the molecule is [CH2-]c1cc(C)on1.[Y]. The van der Waals surface area contributed by atoms with E-state index >= 15 is 0 Å². The Balaban J connectivity index is 0.000000490. The number of hydrogen-bond donors (Lipinski definition) is 0. The molecule has 0 aliphatic carbocycles. The van der Waals surface area contributed by atoms with Gasteiger partial charge in [0.25, 0.3) is 0 Å². The summed E-state index contributed by atoms with van der Waals surface area (Å²) in [6.07, 6.45) is 0. The molecule has 0 bridgehead atoms. The van der Waals surface area contributed by atoms with Crippen molar-refractivity contribution in [1.29, 1.82) is 0 Å². The second kappa shape index (κ2) is 3.26. The van der Waals surface area contributed by atoms with Gasteiger partial charge in [0.1, 0.15) is 0 Å². The first kappa shape index (κ1) is 8.18. The Morgan fingerprint density at radius 1 is 1.75 bits per heavy atom. The Bertz CT molecular complexity index is 145. The monoisotopic (exact) mass is 185 g/mol. The van der Waals surface area contributed by atoms with Crippen LogP contribution in [0.5, 0.6) is 0 Å². The molecule has 1 rings (SSSR count). The van der Waals surface area contributed by atoms with E-state index in [2.05, 4.69) is 16.6 Å². The minimum atomic E-state index is 0. The maximum Gasteiger partial charge on any atom is 0.0545 e. The first-order valence-corrected chi connectivity index (χ1v) is 2.04. The number of aryl methyl sites for hydroxylation is 1. The molecule has 1 radical (unpaired) electrons. The van der Waals surface area contributed by atoms with E-state index in [-0.39, 0.29) is 32.7 Å². The van der Waals surface area contributed by atoms with E-state index in [1.165, 1.54) is 0 Å². The van der Waals surface area contributed by atoms with Gasteiger partial charge in [-0.2, -0.15) is 0 Å². The van der Waals surface area contributed by atoms with Crippen LogP contribution in [0.15, 0.2) is 10.6 Å². The van der Waals surface area contributed by atoms with E-state index in [0.29, 0.717) is 5.69 Å². The molecule has 2 nitrogen and oxygen atoms in total. The molecule has 0 aliphatic heterocycles. The Kier molecular flexibility index (Phi) is 3.33. The summed E-state index contributed by atoms with van der Waals surface area (Å²) in [7, 11) is 0. The summed E-state index contributed by atoms with van der Waals surface area (Å²) in [5.74, 6) is 0.810. The minimum Gasteiger partial charge on any atom is -0.383 e. The molecule has 0 atom stereocenters. The molecule has 8 heavy (non-hydrogen) atoms. The third kappa shape index (κ3) is 1.97. The second-order valence-electron chi connectivity index (χ2n) is 1.43. The van der Waals surface area contributed by atoms with Crippen molar-refractivity contribution in [2.24, 2.45) is 0 Å². The summed E-state index contributed by atoms with van der Waals surface area (Å²) in [5, 5.41) is 3.53. The van der Waals surface area contributed by atoms with E-state index in [0.717, 1.165) is 5.76 Å². The van der Waals surface area contributed by atoms with Gasteiger partial charge < -0.3 is 4.52 Å². The Morgan fingerprint density at radius 3 is 2.50 bits per heavy atom. The fraction of sp³-hybridized carbons (Fsp3) is 0.200. The average Bonchev–Trinajstić information content (AvgIpc) is 1.87. The minimum absolute atomic E-state index is 0. The summed E-state index contributed by atoms with van der Waals surface area (Å²) in [6.45, 7) is 5.37. The first-order chi connectivity index (χ1) is 3.29. The zero-order chi connectivity index (χ0) is 5.28. The van der Waals surface area contributed by atoms with Gasteiger partial charge in [0.15, 0.2) is 0 Å². The van der Waals surface area contributed by atoms with Crippen molar-refractivity contribution in [3.8, 4) is 0 Å². The third-order valence-corrected chi connectivity index (χ3v) is 0.677. The summed E-state index contributed by atoms with van der Waals surface area (Å²) < 4.78 is 4.65. The van der Waals surface area contributed by atoms with Crippen LogP contribution in [0.2, 0.25) is 0 Å². The van der Waals surface area contributed by atoms with Gasteiger partial charge in [0, 0.05) is 32.7 Å². The van der Waals surface area contributed by atoms with E-state index in [1.807, 2.05) is 6.92 Å². The molecule has 0 saturated heterocycles. The van der Waals surface area contributed by atoms with Crippen LogP contribution in [-0.4, -0.2) is 5.16 Å². The molecule has 1 aromatic heterocycles. The molecule has 0 fully saturated rings. The summed E-state index contributed by atoms with van der Waals surface area (Å²) in [6, 6.07) is 1.78. The van der Waals surface area contributed by atoms with E-state index < -0.39 is 0 Å². The summed E-state index contributed by atoms with van der Waals surface area (Å²) in [4.78, 5) is 0. The number of hydrogen-bond acceptors (Lipinski definition) is 2. The van der Waals surface area contributed by atoms with Crippen molar-refractivity contribution in [2.75, 3.05) is 0 Å². The maximum absolute atomic E-state index is 4.65. The van der Waals surface area contributed by atoms with Crippen molar-refractivity contribution in [3.05, 3.63) is 24.4 Å². The fourth-order valence-corrected chi connectivity index (χ4v) is 0.418. The van der Waals surface area contributed by atoms with Gasteiger partial charge in [-0.25, -0.2) is 6.92 Å². The van der Waals surface area contributed by atoms with Crippen molar-refractivity contribution < 1.29 is 37.2 Å². The van der Waals surface area contributed by atoms with Crippen molar-refractivity contribution in [1.82, 2.24) is 5.16 Å². The molecular formula is C5H6NOY-. The number of nitrogens with zero attached hydrogens (tertiary/aromatic N) is 1. The van der Waals surface area contributed by atoms with Gasteiger partial charge in [-0.15, -0.1) is 11.2 Å². The van der Waals surface area contributed by atoms with Gasteiger partial charge in [0.2, 0.25) is 0 Å². The van der Waals surface area contributed by atoms with E-state index in [4.69, 9.17) is 0 Å². The zero-order valence-electron chi connectivity index (χ0n) is 4.72. The molecule has 3 heteroatoms. The third-order valence-electron chi connectivity index (χ3n) is 0.677. The quantitative estimate of drug-likeness (QED) is 0.567. The molecule has 0 unspecified atom stereocenters. The van der Waals surface area contributed by atoms with Crippen LogP contribution < -0.4 is 0 Å². The van der Waals surface area contributed by atoms with Gasteiger partial charge >= 0.3 is 0 Å². The maximum atomic E-state index is 4.65. The summed E-state index contributed by atoms with van der Waals surface area (Å²) >= 11 is 0. The predicted octanol–water partition coefficient (Wildman–Crippen LogP) is 1.16. The Labute approximate surface area is 73.5 Å². The molecule has 0 N–H and O–H groups in total. The predicted molar refractivity (Wildman–Crippen MR) is 25.7 cm³/mol. The average molecular weight is 185 g/mol. The van der Waals surface area contributed by atoms with Gasteiger partial charge in [0.05, 0.1) is 5.76 Å². The van der Waals surface area contributed by atoms with Gasteiger partial charge in [-0.1, -0.05) is 5.69 Å². The number of rotatable bonds is 0. The smallest absolute Gasteiger partial charge is 0.0545 e. The Hall–Kier alpha value is 0.184.